The lowest BCUT2D eigenvalue weighted by Crippen LogP contribution is -2.25. The topological polar surface area (TPSA) is 0 Å². The standard InChI is InChI=1S/C16H28/c1-8-12-9-13(15(2,3)4)11-14(10-12)16(5,6)7/h9-10,13H,8,11H2,1-7H3. The van der Waals surface area contributed by atoms with E-state index in [2.05, 4.69) is 60.6 Å². The molecule has 0 saturated heterocycles. The second-order valence-electron chi connectivity index (χ2n) is 7.19. The largest absolute Gasteiger partial charge is 0.0774 e. The Balaban J connectivity index is 3.02. The van der Waals surface area contributed by atoms with Gasteiger partial charge in [-0.15, -0.1) is 0 Å². The van der Waals surface area contributed by atoms with Crippen molar-refractivity contribution in [2.45, 2.75) is 61.3 Å². The average molecular weight is 220 g/mol. The third kappa shape index (κ3) is 3.23. The Hall–Kier alpha value is -0.520. The molecule has 0 aromatic rings. The number of allylic oxidation sites excluding steroid dienone is 4. The van der Waals surface area contributed by atoms with Gasteiger partial charge in [0.25, 0.3) is 0 Å². The molecule has 0 fully saturated rings. The third-order valence-corrected chi connectivity index (χ3v) is 3.70. The second-order valence-corrected chi connectivity index (χ2v) is 7.19. The smallest absolute Gasteiger partial charge is 0.0141 e. The molecule has 0 heteroatoms. The summed E-state index contributed by atoms with van der Waals surface area (Å²) in [5.41, 5.74) is 3.84. The zero-order valence-electron chi connectivity index (χ0n) is 12.1. The van der Waals surface area contributed by atoms with Crippen LogP contribution in [0.4, 0.5) is 0 Å². The van der Waals surface area contributed by atoms with Crippen molar-refractivity contribution in [3.05, 3.63) is 23.3 Å². The molecule has 0 amide bonds. The maximum atomic E-state index is 2.50. The fourth-order valence-electron chi connectivity index (χ4n) is 2.18. The summed E-state index contributed by atoms with van der Waals surface area (Å²) in [7, 11) is 0. The minimum Gasteiger partial charge on any atom is -0.0774 e. The monoisotopic (exact) mass is 220 g/mol. The molecule has 1 aliphatic carbocycles. The number of hydrogen-bond donors (Lipinski definition) is 0. The van der Waals surface area contributed by atoms with Gasteiger partial charge in [-0.2, -0.15) is 0 Å². The van der Waals surface area contributed by atoms with Crippen LogP contribution in [-0.4, -0.2) is 0 Å². The molecule has 16 heavy (non-hydrogen) atoms. The summed E-state index contributed by atoms with van der Waals surface area (Å²) in [6.07, 6.45) is 7.32. The molecule has 0 heterocycles. The lowest BCUT2D eigenvalue weighted by Gasteiger charge is -2.36. The van der Waals surface area contributed by atoms with Gasteiger partial charge in [-0.1, -0.05) is 71.8 Å². The average Bonchev–Trinajstić information content (AvgIpc) is 2.14. The Morgan fingerprint density at radius 3 is 2.06 bits per heavy atom. The summed E-state index contributed by atoms with van der Waals surface area (Å²) in [5.74, 6) is 0.696. The molecule has 0 N–H and O–H groups in total. The molecular weight excluding hydrogens is 192 g/mol. The Morgan fingerprint density at radius 1 is 1.12 bits per heavy atom. The summed E-state index contributed by atoms with van der Waals surface area (Å²) in [5, 5.41) is 0. The maximum Gasteiger partial charge on any atom is -0.0141 e. The molecule has 0 nitrogen and oxygen atoms in total. The van der Waals surface area contributed by atoms with E-state index in [1.807, 2.05) is 0 Å². The van der Waals surface area contributed by atoms with Crippen LogP contribution in [0.3, 0.4) is 0 Å². The van der Waals surface area contributed by atoms with Gasteiger partial charge in [0.15, 0.2) is 0 Å². The predicted molar refractivity (Wildman–Crippen MR) is 73.5 cm³/mol. The van der Waals surface area contributed by atoms with E-state index in [1.165, 1.54) is 12.0 Å². The predicted octanol–water partition coefficient (Wildman–Crippen LogP) is 5.36. The van der Waals surface area contributed by atoms with Crippen molar-refractivity contribution in [1.82, 2.24) is 0 Å². The van der Waals surface area contributed by atoms with Crippen molar-refractivity contribution in [1.29, 1.82) is 0 Å². The normalized spacial score (nSPS) is 22.8. The van der Waals surface area contributed by atoms with Gasteiger partial charge in [0.1, 0.15) is 0 Å². The minimum absolute atomic E-state index is 0.318. The van der Waals surface area contributed by atoms with Crippen LogP contribution in [0.25, 0.3) is 0 Å². The lowest BCUT2D eigenvalue weighted by atomic mass is 9.69. The molecule has 0 aromatic carbocycles. The second kappa shape index (κ2) is 4.39. The van der Waals surface area contributed by atoms with E-state index in [1.54, 1.807) is 5.57 Å². The van der Waals surface area contributed by atoms with E-state index < -0.39 is 0 Å². The summed E-state index contributed by atoms with van der Waals surface area (Å²) < 4.78 is 0. The van der Waals surface area contributed by atoms with Crippen LogP contribution in [0.2, 0.25) is 0 Å². The zero-order valence-corrected chi connectivity index (χ0v) is 12.1. The van der Waals surface area contributed by atoms with Gasteiger partial charge in [-0.3, -0.25) is 0 Å². The van der Waals surface area contributed by atoms with Crippen molar-refractivity contribution in [2.24, 2.45) is 16.7 Å². The van der Waals surface area contributed by atoms with Gasteiger partial charge >= 0.3 is 0 Å². The van der Waals surface area contributed by atoms with Gasteiger partial charge in [-0.05, 0) is 29.6 Å². The highest BCUT2D eigenvalue weighted by Crippen LogP contribution is 2.42. The van der Waals surface area contributed by atoms with Crippen LogP contribution < -0.4 is 0 Å². The molecule has 0 radical (unpaired) electrons. The van der Waals surface area contributed by atoms with Crippen LogP contribution in [0.1, 0.15) is 61.3 Å². The van der Waals surface area contributed by atoms with Crippen molar-refractivity contribution in [3.8, 4) is 0 Å². The van der Waals surface area contributed by atoms with Crippen LogP contribution in [-0.2, 0) is 0 Å². The molecule has 0 bridgehead atoms. The third-order valence-electron chi connectivity index (χ3n) is 3.70. The summed E-state index contributed by atoms with van der Waals surface area (Å²) in [6.45, 7) is 16.3. The SMILES string of the molecule is CCC1=CC(C(C)(C)C)CC(C(C)(C)C)=C1. The van der Waals surface area contributed by atoms with Crippen LogP contribution in [0, 0.1) is 16.7 Å². The zero-order chi connectivity index (χ0) is 12.6. The van der Waals surface area contributed by atoms with Gasteiger partial charge in [0, 0.05) is 0 Å². The van der Waals surface area contributed by atoms with Crippen molar-refractivity contribution in [3.63, 3.8) is 0 Å². The Bertz CT molecular complexity index is 302. The first-order valence-corrected chi connectivity index (χ1v) is 6.56. The highest BCUT2D eigenvalue weighted by atomic mass is 14.3. The van der Waals surface area contributed by atoms with Crippen LogP contribution >= 0.6 is 0 Å². The van der Waals surface area contributed by atoms with Crippen molar-refractivity contribution in [2.75, 3.05) is 0 Å². The maximum absolute atomic E-state index is 2.50. The Kier molecular flexibility index (Phi) is 3.72. The summed E-state index contributed by atoms with van der Waals surface area (Å²) in [4.78, 5) is 0. The van der Waals surface area contributed by atoms with E-state index in [0.717, 1.165) is 6.42 Å². The fraction of sp³-hybridized carbons (Fsp3) is 0.750. The molecule has 1 atom stereocenters. The van der Waals surface area contributed by atoms with Crippen LogP contribution in [0.5, 0.6) is 0 Å². The van der Waals surface area contributed by atoms with Crippen molar-refractivity contribution >= 4 is 0 Å². The first-order valence-electron chi connectivity index (χ1n) is 6.56. The summed E-state index contributed by atoms with van der Waals surface area (Å²) in [6, 6.07) is 0. The Labute approximate surface area is 102 Å². The molecule has 0 aromatic heterocycles. The van der Waals surface area contributed by atoms with Gasteiger partial charge < -0.3 is 0 Å². The van der Waals surface area contributed by atoms with E-state index >= 15 is 0 Å². The van der Waals surface area contributed by atoms with E-state index in [-0.39, 0.29) is 0 Å². The van der Waals surface area contributed by atoms with E-state index in [4.69, 9.17) is 0 Å². The molecule has 1 aliphatic rings. The van der Waals surface area contributed by atoms with Gasteiger partial charge in [-0.25, -0.2) is 0 Å². The first-order chi connectivity index (χ1) is 7.14. The molecule has 1 unspecified atom stereocenters. The molecule has 1 rings (SSSR count). The molecule has 0 aliphatic heterocycles. The molecule has 0 saturated carbocycles. The van der Waals surface area contributed by atoms with E-state index in [0.29, 0.717) is 16.7 Å². The molecular formula is C16H28. The first kappa shape index (κ1) is 13.5. The minimum atomic E-state index is 0.318. The lowest BCUT2D eigenvalue weighted by molar-refractivity contribution is 0.273. The highest BCUT2D eigenvalue weighted by Gasteiger charge is 2.29. The molecule has 92 valence electrons. The van der Waals surface area contributed by atoms with Crippen LogP contribution in [0.15, 0.2) is 23.3 Å². The fourth-order valence-corrected chi connectivity index (χ4v) is 2.18. The highest BCUT2D eigenvalue weighted by molar-refractivity contribution is 5.32. The number of hydrogen-bond acceptors (Lipinski definition) is 0. The van der Waals surface area contributed by atoms with E-state index in [9.17, 15) is 0 Å². The molecule has 0 spiro atoms. The van der Waals surface area contributed by atoms with Gasteiger partial charge in [0.2, 0.25) is 0 Å². The Morgan fingerprint density at radius 2 is 1.69 bits per heavy atom. The number of rotatable bonds is 1. The van der Waals surface area contributed by atoms with Crippen molar-refractivity contribution < 1.29 is 0 Å². The quantitative estimate of drug-likeness (QED) is 0.558. The van der Waals surface area contributed by atoms with Gasteiger partial charge in [0.05, 0.1) is 0 Å². The summed E-state index contributed by atoms with van der Waals surface area (Å²) >= 11 is 0.